The standard InChI is InChI=1S/C15H17BrFN3O/c1-4-18-14-13(9(2)3)15(20-8-19-14)21-12-6-5-10(16)7-11(12)17/h5-9H,4H2,1-3H3,(H,18,19,20). The molecule has 1 heterocycles. The van der Waals surface area contributed by atoms with Crippen LogP contribution < -0.4 is 10.1 Å². The molecule has 6 heteroatoms. The van der Waals surface area contributed by atoms with E-state index in [4.69, 9.17) is 4.74 Å². The lowest BCUT2D eigenvalue weighted by Crippen LogP contribution is -2.07. The van der Waals surface area contributed by atoms with Crippen molar-refractivity contribution in [2.45, 2.75) is 26.7 Å². The van der Waals surface area contributed by atoms with Crippen LogP contribution in [0.4, 0.5) is 10.2 Å². The summed E-state index contributed by atoms with van der Waals surface area (Å²) in [6.45, 7) is 6.76. The van der Waals surface area contributed by atoms with E-state index in [1.807, 2.05) is 20.8 Å². The highest BCUT2D eigenvalue weighted by Gasteiger charge is 2.17. The lowest BCUT2D eigenvalue weighted by molar-refractivity contribution is 0.419. The summed E-state index contributed by atoms with van der Waals surface area (Å²) in [6.07, 6.45) is 1.41. The van der Waals surface area contributed by atoms with Crippen LogP contribution in [-0.4, -0.2) is 16.5 Å². The third kappa shape index (κ3) is 3.69. The Morgan fingerprint density at radius 1 is 1.33 bits per heavy atom. The molecule has 112 valence electrons. The molecule has 0 aliphatic heterocycles. The van der Waals surface area contributed by atoms with Gasteiger partial charge in [0.15, 0.2) is 11.6 Å². The van der Waals surface area contributed by atoms with E-state index in [2.05, 4.69) is 31.2 Å². The summed E-state index contributed by atoms with van der Waals surface area (Å²) in [4.78, 5) is 8.37. The van der Waals surface area contributed by atoms with Crippen LogP contribution >= 0.6 is 15.9 Å². The zero-order chi connectivity index (χ0) is 15.4. The first-order valence-electron chi connectivity index (χ1n) is 6.74. The molecule has 1 aromatic heterocycles. The molecule has 0 amide bonds. The normalized spacial score (nSPS) is 10.8. The Kier molecular flexibility index (Phi) is 5.12. The first kappa shape index (κ1) is 15.7. The van der Waals surface area contributed by atoms with E-state index in [1.54, 1.807) is 12.1 Å². The molecule has 2 rings (SSSR count). The molecule has 1 N–H and O–H groups in total. The predicted molar refractivity (Wildman–Crippen MR) is 84.5 cm³/mol. The van der Waals surface area contributed by atoms with Crippen LogP contribution in [0, 0.1) is 5.82 Å². The summed E-state index contributed by atoms with van der Waals surface area (Å²) < 4.78 is 20.2. The van der Waals surface area contributed by atoms with Gasteiger partial charge in [0.1, 0.15) is 12.1 Å². The smallest absolute Gasteiger partial charge is 0.228 e. The number of halogens is 2. The second-order valence-electron chi connectivity index (χ2n) is 4.80. The minimum Gasteiger partial charge on any atom is -0.435 e. The summed E-state index contributed by atoms with van der Waals surface area (Å²) in [7, 11) is 0. The van der Waals surface area contributed by atoms with Gasteiger partial charge >= 0.3 is 0 Å². The van der Waals surface area contributed by atoms with Gasteiger partial charge in [0.25, 0.3) is 0 Å². The zero-order valence-corrected chi connectivity index (χ0v) is 13.7. The van der Waals surface area contributed by atoms with Gasteiger partial charge < -0.3 is 10.1 Å². The molecule has 21 heavy (non-hydrogen) atoms. The van der Waals surface area contributed by atoms with Crippen LogP contribution in [0.25, 0.3) is 0 Å². The topological polar surface area (TPSA) is 47.0 Å². The van der Waals surface area contributed by atoms with Crippen LogP contribution in [0.3, 0.4) is 0 Å². The number of hydrogen-bond donors (Lipinski definition) is 1. The van der Waals surface area contributed by atoms with Crippen molar-refractivity contribution in [2.24, 2.45) is 0 Å². The van der Waals surface area contributed by atoms with Crippen LogP contribution in [-0.2, 0) is 0 Å². The molecule has 0 bridgehead atoms. The van der Waals surface area contributed by atoms with Gasteiger partial charge in [-0.2, -0.15) is 0 Å². The highest BCUT2D eigenvalue weighted by Crippen LogP contribution is 2.34. The Hall–Kier alpha value is -1.69. The lowest BCUT2D eigenvalue weighted by atomic mass is 10.1. The maximum atomic E-state index is 13.9. The van der Waals surface area contributed by atoms with Crippen molar-refractivity contribution in [2.75, 3.05) is 11.9 Å². The summed E-state index contributed by atoms with van der Waals surface area (Å²) in [5.74, 6) is 0.935. The minimum absolute atomic E-state index is 0.140. The van der Waals surface area contributed by atoms with Gasteiger partial charge in [0.2, 0.25) is 5.88 Å². The number of anilines is 1. The van der Waals surface area contributed by atoms with Crippen molar-refractivity contribution >= 4 is 21.7 Å². The van der Waals surface area contributed by atoms with E-state index >= 15 is 0 Å². The van der Waals surface area contributed by atoms with Gasteiger partial charge in [-0.1, -0.05) is 29.8 Å². The highest BCUT2D eigenvalue weighted by molar-refractivity contribution is 9.10. The van der Waals surface area contributed by atoms with Gasteiger partial charge in [-0.15, -0.1) is 0 Å². The highest BCUT2D eigenvalue weighted by atomic mass is 79.9. The maximum absolute atomic E-state index is 13.9. The van der Waals surface area contributed by atoms with Gasteiger partial charge in [0, 0.05) is 11.0 Å². The van der Waals surface area contributed by atoms with E-state index in [-0.39, 0.29) is 11.7 Å². The van der Waals surface area contributed by atoms with Gasteiger partial charge in [-0.05, 0) is 31.0 Å². The van der Waals surface area contributed by atoms with Crippen molar-refractivity contribution in [3.63, 3.8) is 0 Å². The number of rotatable bonds is 5. The number of ether oxygens (including phenoxy) is 1. The molecule has 2 aromatic rings. The molecule has 1 aromatic carbocycles. The fourth-order valence-electron chi connectivity index (χ4n) is 1.95. The molecular weight excluding hydrogens is 337 g/mol. The molecule has 0 aliphatic rings. The van der Waals surface area contributed by atoms with Gasteiger partial charge in [-0.25, -0.2) is 14.4 Å². The van der Waals surface area contributed by atoms with Crippen molar-refractivity contribution < 1.29 is 9.13 Å². The molecular formula is C15H17BrFN3O. The Bertz CT molecular complexity index is 634. The van der Waals surface area contributed by atoms with Crippen molar-refractivity contribution in [1.82, 2.24) is 9.97 Å². The van der Waals surface area contributed by atoms with E-state index in [0.29, 0.717) is 10.4 Å². The molecule has 0 aliphatic carbocycles. The molecule has 0 radical (unpaired) electrons. The minimum atomic E-state index is -0.442. The summed E-state index contributed by atoms with van der Waals surface area (Å²) in [5.41, 5.74) is 0.835. The molecule has 0 spiro atoms. The summed E-state index contributed by atoms with van der Waals surface area (Å²) in [6, 6.07) is 4.65. The van der Waals surface area contributed by atoms with E-state index in [0.717, 1.165) is 17.9 Å². The first-order valence-corrected chi connectivity index (χ1v) is 7.53. The quantitative estimate of drug-likeness (QED) is 0.844. The van der Waals surface area contributed by atoms with Crippen LogP contribution in [0.5, 0.6) is 11.6 Å². The Morgan fingerprint density at radius 3 is 2.71 bits per heavy atom. The summed E-state index contributed by atoms with van der Waals surface area (Å²) >= 11 is 3.22. The number of nitrogens with one attached hydrogen (secondary N) is 1. The third-order valence-corrected chi connectivity index (χ3v) is 3.36. The molecule has 0 fully saturated rings. The molecule has 0 unspecified atom stereocenters. The predicted octanol–water partition coefficient (Wildman–Crippen LogP) is 4.73. The molecule has 4 nitrogen and oxygen atoms in total. The number of aromatic nitrogens is 2. The fourth-order valence-corrected chi connectivity index (χ4v) is 2.28. The van der Waals surface area contributed by atoms with Gasteiger partial charge in [-0.3, -0.25) is 0 Å². The number of nitrogens with zero attached hydrogens (tertiary/aromatic N) is 2. The van der Waals surface area contributed by atoms with Crippen molar-refractivity contribution in [3.05, 3.63) is 40.4 Å². The Labute approximate surface area is 131 Å². The molecule has 0 saturated heterocycles. The lowest BCUT2D eigenvalue weighted by Gasteiger charge is -2.16. The van der Waals surface area contributed by atoms with Crippen molar-refractivity contribution in [3.8, 4) is 11.6 Å². The van der Waals surface area contributed by atoms with Crippen LogP contribution in [0.1, 0.15) is 32.3 Å². The van der Waals surface area contributed by atoms with Gasteiger partial charge in [0.05, 0.1) is 5.56 Å². The third-order valence-electron chi connectivity index (χ3n) is 2.87. The number of hydrogen-bond acceptors (Lipinski definition) is 4. The fraction of sp³-hybridized carbons (Fsp3) is 0.333. The largest absolute Gasteiger partial charge is 0.435 e. The average molecular weight is 354 g/mol. The van der Waals surface area contributed by atoms with Crippen molar-refractivity contribution in [1.29, 1.82) is 0 Å². The average Bonchev–Trinajstić information content (AvgIpc) is 2.42. The zero-order valence-electron chi connectivity index (χ0n) is 12.2. The van der Waals surface area contributed by atoms with Crippen LogP contribution in [0.2, 0.25) is 0 Å². The number of benzene rings is 1. The molecule has 0 atom stereocenters. The Morgan fingerprint density at radius 2 is 2.10 bits per heavy atom. The first-order chi connectivity index (χ1) is 10.0. The second-order valence-corrected chi connectivity index (χ2v) is 5.72. The summed E-state index contributed by atoms with van der Waals surface area (Å²) in [5, 5.41) is 3.18. The monoisotopic (exact) mass is 353 g/mol. The maximum Gasteiger partial charge on any atom is 0.228 e. The molecule has 0 saturated carbocycles. The van der Waals surface area contributed by atoms with Crippen LogP contribution in [0.15, 0.2) is 29.0 Å². The Balaban J connectivity index is 2.41. The van der Waals surface area contributed by atoms with E-state index in [9.17, 15) is 4.39 Å². The van der Waals surface area contributed by atoms with E-state index in [1.165, 1.54) is 12.4 Å². The second kappa shape index (κ2) is 6.85. The SMILES string of the molecule is CCNc1ncnc(Oc2ccc(Br)cc2F)c1C(C)C. The van der Waals surface area contributed by atoms with E-state index < -0.39 is 5.82 Å².